The zero-order valence-electron chi connectivity index (χ0n) is 41.2. The Morgan fingerprint density at radius 1 is 0.303 bits per heavy atom. The number of nitrogens with two attached hydrogens (primary N) is 1. The van der Waals surface area contributed by atoms with Gasteiger partial charge in [-0.15, -0.1) is 0 Å². The molecule has 0 amide bonds. The quantitative estimate of drug-likeness (QED) is 0.0616. The van der Waals surface area contributed by atoms with Crippen LogP contribution in [-0.2, 0) is 5.41 Å². The zero-order valence-corrected chi connectivity index (χ0v) is 43.4. The molecule has 350 valence electrons. The summed E-state index contributed by atoms with van der Waals surface area (Å²) in [4.78, 5) is 0. The predicted molar refractivity (Wildman–Crippen MR) is 332 cm³/mol. The molecule has 2 aliphatic rings. The normalized spacial score (nSPS) is 13.9. The average molecular weight is 1070 g/mol. The van der Waals surface area contributed by atoms with E-state index in [9.17, 15) is 0 Å². The molecule has 0 unspecified atom stereocenters. The van der Waals surface area contributed by atoms with E-state index in [2.05, 4.69) is 249 Å². The summed E-state index contributed by atoms with van der Waals surface area (Å²) in [5, 5.41) is 19.6. The summed E-state index contributed by atoms with van der Waals surface area (Å²) in [7, 11) is 7.07. The van der Waals surface area contributed by atoms with Gasteiger partial charge in [0.25, 0.3) is 0 Å². The molecule has 3 heteroatoms. The fourth-order valence-corrected chi connectivity index (χ4v) is 21.2. The van der Waals surface area contributed by atoms with Crippen LogP contribution in [0.1, 0.15) is 22.3 Å². The molecule has 15 aromatic carbocycles. The van der Waals surface area contributed by atoms with Gasteiger partial charge in [-0.1, -0.05) is 0 Å². The number of hydrogen-bond acceptors (Lipinski definition) is 1. The number of halogens is 1. The summed E-state index contributed by atoms with van der Waals surface area (Å²) in [6, 6.07) is 94.3. The van der Waals surface area contributed by atoms with E-state index in [0.29, 0.717) is 0 Å². The molecule has 0 fully saturated rings. The van der Waals surface area contributed by atoms with Crippen LogP contribution in [0.15, 0.2) is 249 Å². The first-order valence-corrected chi connectivity index (χ1v) is 29.5. The third kappa shape index (κ3) is 5.45. The maximum atomic E-state index is 7.07. The molecule has 1 spiro atoms. The third-order valence-electron chi connectivity index (χ3n) is 17.3. The van der Waals surface area contributed by atoms with Crippen molar-refractivity contribution < 1.29 is 0 Å². The molecule has 76 heavy (non-hydrogen) atoms. The molecule has 0 bridgehead atoms. The van der Waals surface area contributed by atoms with Crippen LogP contribution in [0, 0.1) is 10.7 Å². The number of fused-ring (bicyclic) bond motifs is 15. The second-order valence-electron chi connectivity index (χ2n) is 20.8. The number of nitrogen functional groups attached to an aromatic ring is 1. The summed E-state index contributed by atoms with van der Waals surface area (Å²) in [6.07, 6.45) is 0. The van der Waals surface area contributed by atoms with Gasteiger partial charge in [-0.3, -0.25) is 0 Å². The van der Waals surface area contributed by atoms with Crippen LogP contribution in [0.5, 0.6) is 0 Å². The molecule has 2 N–H and O–H groups in total. The summed E-state index contributed by atoms with van der Waals surface area (Å²) >= 11 is -2.51. The van der Waals surface area contributed by atoms with Gasteiger partial charge in [0.15, 0.2) is 0 Å². The van der Waals surface area contributed by atoms with Gasteiger partial charge in [0.05, 0.1) is 0 Å². The predicted octanol–water partition coefficient (Wildman–Crippen LogP) is 18.2. The van der Waals surface area contributed by atoms with Crippen LogP contribution < -0.4 is 11.2 Å². The van der Waals surface area contributed by atoms with Crippen molar-refractivity contribution in [2.45, 2.75) is 5.41 Å². The fourth-order valence-electron chi connectivity index (χ4n) is 14.3. The minimum absolute atomic E-state index is 0.669. The first-order chi connectivity index (χ1) is 37.6. The molecule has 1 heterocycles. The van der Waals surface area contributed by atoms with E-state index in [1.807, 2.05) is 0 Å². The second kappa shape index (κ2) is 15.6. The van der Waals surface area contributed by atoms with Crippen molar-refractivity contribution >= 4 is 125 Å². The Morgan fingerprint density at radius 2 is 0.697 bits per heavy atom. The molecular weight excluding hydrogens is 1030 g/mol. The molecule has 0 saturated carbocycles. The summed E-state index contributed by atoms with van der Waals surface area (Å²) in [5.74, 6) is 0. The van der Waals surface area contributed by atoms with Crippen LogP contribution in [0.25, 0.3) is 120 Å². The topological polar surface area (TPSA) is 26.0 Å². The van der Waals surface area contributed by atoms with E-state index in [0.717, 1.165) is 54.2 Å². The summed E-state index contributed by atoms with van der Waals surface area (Å²) in [6.45, 7) is 0. The van der Waals surface area contributed by atoms with Crippen molar-refractivity contribution in [2.75, 3.05) is 5.73 Å². The van der Waals surface area contributed by atoms with Crippen LogP contribution >= 0.6 is 19.8 Å². The molecule has 17 rings (SSSR count). The van der Waals surface area contributed by atoms with Crippen LogP contribution in [0.2, 0.25) is 0 Å². The van der Waals surface area contributed by atoms with E-state index < -0.39 is 25.2 Å². The number of hydrogen-bond donors (Lipinski definition) is 1. The van der Waals surface area contributed by atoms with Crippen LogP contribution in [-0.4, -0.2) is 7.85 Å². The van der Waals surface area contributed by atoms with Crippen molar-refractivity contribution in [2.24, 2.45) is 0 Å². The Labute approximate surface area is 448 Å². The van der Waals surface area contributed by atoms with E-state index in [-0.39, 0.29) is 0 Å². The Balaban J connectivity index is 0.991. The van der Waals surface area contributed by atoms with Gasteiger partial charge in [-0.05, 0) is 0 Å². The number of rotatable bonds is 3. The standard InChI is InChI=1S/C73H43BIN/c74-71-55-22-5-1-18-50(55)68(51-19-2-6-23-56(51)71)43-34-36-45-46-37-35-44(69-52-20-3-7-24-57(52)72(76)58-25-8-4-21-53(58)69)41-63(46)73(62(45)40-43)60-30-9-11-32-65(60)75(66-33-12-10-31-61(66)73)64-39-38-54-48-27-14-17-42-16-13-26-47(67(42)48)49-28-15-29-59(64)70(49)54/h1-41H,76H2. The van der Waals surface area contributed by atoms with Gasteiger partial charge in [-0.2, -0.15) is 0 Å². The minimum atomic E-state index is -2.51. The van der Waals surface area contributed by atoms with Gasteiger partial charge in [0, 0.05) is 0 Å². The van der Waals surface area contributed by atoms with Gasteiger partial charge in [0.1, 0.15) is 0 Å². The van der Waals surface area contributed by atoms with Crippen molar-refractivity contribution in [1.82, 2.24) is 0 Å². The van der Waals surface area contributed by atoms with Crippen molar-refractivity contribution in [3.05, 3.63) is 282 Å². The molecule has 0 aromatic heterocycles. The third-order valence-corrected chi connectivity index (χ3v) is 23.6. The van der Waals surface area contributed by atoms with Gasteiger partial charge >= 0.3 is 451 Å². The molecule has 15 aromatic rings. The summed E-state index contributed by atoms with van der Waals surface area (Å²) < 4.78 is 4.43. The molecular formula is C73H43BIN. The fraction of sp³-hybridized carbons (Fsp3) is 0.0137. The van der Waals surface area contributed by atoms with Gasteiger partial charge < -0.3 is 0 Å². The molecule has 1 aliphatic carbocycles. The second-order valence-corrected chi connectivity index (χ2v) is 25.9. The maximum absolute atomic E-state index is 7.07. The Morgan fingerprint density at radius 3 is 1.22 bits per heavy atom. The molecule has 1 aliphatic heterocycles. The van der Waals surface area contributed by atoms with E-state index in [1.165, 1.54) is 109 Å². The van der Waals surface area contributed by atoms with Crippen molar-refractivity contribution in [1.29, 1.82) is 0 Å². The van der Waals surface area contributed by atoms with E-state index in [4.69, 9.17) is 13.6 Å². The number of anilines is 1. The van der Waals surface area contributed by atoms with Gasteiger partial charge in [0.2, 0.25) is 0 Å². The monoisotopic (exact) mass is 1070 g/mol. The SMILES string of the molecule is [B]c1c2ccccc2c(-c2ccc3c(c2)C2(c4cc(-c5c6ccccc6c(N)c6ccccc56)ccc4-3)c3ccccc3I(c3ccc4c5cccc6cccc(c7cccc3c74)c65)c3ccccc32)c2ccccc12. The van der Waals surface area contributed by atoms with Gasteiger partial charge in [-0.25, -0.2) is 0 Å². The molecule has 0 atom stereocenters. The molecule has 1 nitrogen and oxygen atoms in total. The Hall–Kier alpha value is -8.77. The van der Waals surface area contributed by atoms with Crippen molar-refractivity contribution in [3.8, 4) is 33.4 Å². The Kier molecular flexibility index (Phi) is 8.76. The average Bonchev–Trinajstić information content (AvgIpc) is 3.99. The van der Waals surface area contributed by atoms with Crippen LogP contribution in [0.4, 0.5) is 5.69 Å². The summed E-state index contributed by atoms with van der Waals surface area (Å²) in [5.41, 5.74) is 20.7. The zero-order chi connectivity index (χ0) is 50.0. The number of benzene rings is 15. The molecule has 0 saturated heterocycles. The van der Waals surface area contributed by atoms with Crippen molar-refractivity contribution in [3.63, 3.8) is 0 Å². The van der Waals surface area contributed by atoms with Crippen LogP contribution in [0.3, 0.4) is 0 Å². The molecule has 2 radical (unpaired) electrons. The first kappa shape index (κ1) is 42.6. The van der Waals surface area contributed by atoms with E-state index in [1.54, 1.807) is 0 Å². The van der Waals surface area contributed by atoms with E-state index >= 15 is 0 Å². The Bertz CT molecular complexity index is 4660. The first-order valence-electron chi connectivity index (χ1n) is 26.2.